The molecule has 2 fully saturated rings. The molecular weight excluding hydrogens is 368 g/mol. The minimum absolute atomic E-state index is 0.231. The Morgan fingerprint density at radius 1 is 1.42 bits per heavy atom. The third-order valence-corrected chi connectivity index (χ3v) is 4.67. The van der Waals surface area contributed by atoms with Gasteiger partial charge in [0.05, 0.1) is 24.5 Å². The fourth-order valence-corrected chi connectivity index (χ4v) is 3.60. The number of rotatable bonds is 4. The highest BCUT2D eigenvalue weighted by Gasteiger charge is 2.43. The van der Waals surface area contributed by atoms with Crippen molar-refractivity contribution in [1.29, 1.82) is 0 Å². The molecule has 0 aliphatic carbocycles. The number of hydrogen-bond donors (Lipinski definition) is 1. The SMILES string of the molecule is CC1(C)OCC(c2ccn(C3=CC4CN(C3)C(=O)N4OS(=O)(=O)O)n2)O1. The van der Waals surface area contributed by atoms with Gasteiger partial charge in [0.25, 0.3) is 0 Å². The molecule has 3 aliphatic heterocycles. The molecule has 1 aromatic heterocycles. The van der Waals surface area contributed by atoms with Gasteiger partial charge in [-0.15, -0.1) is 4.28 Å². The molecule has 2 bridgehead atoms. The molecule has 1 N–H and O–H groups in total. The first-order valence-corrected chi connectivity index (χ1v) is 9.31. The van der Waals surface area contributed by atoms with Gasteiger partial charge in [0.15, 0.2) is 5.79 Å². The van der Waals surface area contributed by atoms with Crippen molar-refractivity contribution >= 4 is 22.1 Å². The number of carbonyl (C=O) groups excluding carboxylic acids is 1. The van der Waals surface area contributed by atoms with Gasteiger partial charge in [-0.3, -0.25) is 4.55 Å². The summed E-state index contributed by atoms with van der Waals surface area (Å²) < 4.78 is 48.0. The van der Waals surface area contributed by atoms with Crippen LogP contribution in [0.1, 0.15) is 25.6 Å². The molecule has 26 heavy (non-hydrogen) atoms. The van der Waals surface area contributed by atoms with E-state index in [0.717, 1.165) is 0 Å². The van der Waals surface area contributed by atoms with E-state index in [-0.39, 0.29) is 19.2 Å². The Morgan fingerprint density at radius 2 is 2.19 bits per heavy atom. The molecule has 11 nitrogen and oxygen atoms in total. The maximum absolute atomic E-state index is 12.2. The number of hydroxylamine groups is 2. The fraction of sp³-hybridized carbons (Fsp3) is 0.571. The molecule has 0 spiro atoms. The number of amides is 2. The number of nitrogens with zero attached hydrogens (tertiary/aromatic N) is 4. The van der Waals surface area contributed by atoms with Crippen LogP contribution in [0.4, 0.5) is 4.79 Å². The summed E-state index contributed by atoms with van der Waals surface area (Å²) in [5.41, 5.74) is 1.38. The van der Waals surface area contributed by atoms with Gasteiger partial charge in [0.1, 0.15) is 12.1 Å². The van der Waals surface area contributed by atoms with Crippen molar-refractivity contribution in [3.05, 3.63) is 24.0 Å². The monoisotopic (exact) mass is 386 g/mol. The molecule has 2 atom stereocenters. The van der Waals surface area contributed by atoms with Crippen LogP contribution in [0.3, 0.4) is 0 Å². The van der Waals surface area contributed by atoms with Crippen LogP contribution in [0.5, 0.6) is 0 Å². The van der Waals surface area contributed by atoms with E-state index in [1.807, 2.05) is 13.8 Å². The first-order valence-electron chi connectivity index (χ1n) is 7.95. The highest BCUT2D eigenvalue weighted by atomic mass is 32.3. The number of carbonyl (C=O) groups is 1. The molecule has 0 aromatic carbocycles. The molecule has 4 rings (SSSR count). The number of aromatic nitrogens is 2. The van der Waals surface area contributed by atoms with E-state index in [4.69, 9.17) is 14.0 Å². The fourth-order valence-electron chi connectivity index (χ4n) is 3.22. The number of urea groups is 1. The predicted octanol–water partition coefficient (Wildman–Crippen LogP) is 0.402. The van der Waals surface area contributed by atoms with Crippen molar-refractivity contribution in [2.24, 2.45) is 0 Å². The quantitative estimate of drug-likeness (QED) is 0.738. The lowest BCUT2D eigenvalue weighted by molar-refractivity contribution is -0.139. The van der Waals surface area contributed by atoms with Crippen LogP contribution < -0.4 is 0 Å². The van der Waals surface area contributed by atoms with Crippen LogP contribution in [-0.2, 0) is 24.2 Å². The van der Waals surface area contributed by atoms with Gasteiger partial charge in [-0.05, 0) is 26.0 Å². The summed E-state index contributed by atoms with van der Waals surface area (Å²) in [7, 11) is -4.78. The number of fused-ring (bicyclic) bond motifs is 2. The lowest BCUT2D eigenvalue weighted by Gasteiger charge is -2.21. The summed E-state index contributed by atoms with van der Waals surface area (Å²) in [6.45, 7) is 4.55. The third kappa shape index (κ3) is 3.21. The maximum atomic E-state index is 12.2. The molecule has 4 heterocycles. The van der Waals surface area contributed by atoms with Crippen molar-refractivity contribution < 1.29 is 31.5 Å². The Hall–Kier alpha value is -1.99. The zero-order valence-corrected chi connectivity index (χ0v) is 14.9. The third-order valence-electron chi connectivity index (χ3n) is 4.32. The number of hydrogen-bond acceptors (Lipinski definition) is 7. The van der Waals surface area contributed by atoms with E-state index in [2.05, 4.69) is 9.38 Å². The molecule has 12 heteroatoms. The second-order valence-electron chi connectivity index (χ2n) is 6.72. The Labute approximate surface area is 149 Å². The molecule has 0 saturated carbocycles. The van der Waals surface area contributed by atoms with Crippen LogP contribution in [0.25, 0.3) is 5.70 Å². The van der Waals surface area contributed by atoms with Gasteiger partial charge in [0, 0.05) is 12.7 Å². The van der Waals surface area contributed by atoms with Crippen LogP contribution in [0.2, 0.25) is 0 Å². The van der Waals surface area contributed by atoms with Crippen molar-refractivity contribution in [2.45, 2.75) is 31.8 Å². The van der Waals surface area contributed by atoms with Gasteiger partial charge in [-0.2, -0.15) is 18.6 Å². The largest absolute Gasteiger partial charge is 0.418 e. The molecule has 3 aliphatic rings. The summed E-state index contributed by atoms with van der Waals surface area (Å²) in [6.07, 6.45) is 3.13. The second kappa shape index (κ2) is 5.76. The standard InChI is InChI=1S/C14H18N4O7S/c1-14(2)23-8-12(24-14)11-3-4-17(15-11)9-5-10-7-16(6-9)13(19)18(10)25-26(20,21)22/h3-5,10,12H,6-8H2,1-2H3,(H,20,21,22). The van der Waals surface area contributed by atoms with Gasteiger partial charge in [-0.1, -0.05) is 0 Å². The Morgan fingerprint density at radius 3 is 2.85 bits per heavy atom. The van der Waals surface area contributed by atoms with E-state index in [1.165, 1.54) is 4.90 Å². The zero-order valence-electron chi connectivity index (χ0n) is 14.1. The van der Waals surface area contributed by atoms with Gasteiger partial charge in [-0.25, -0.2) is 9.48 Å². The number of ether oxygens (including phenoxy) is 2. The molecule has 0 radical (unpaired) electrons. The molecular formula is C14H18N4O7S. The van der Waals surface area contributed by atoms with Crippen LogP contribution >= 0.6 is 0 Å². The summed E-state index contributed by atoms with van der Waals surface area (Å²) in [5.74, 6) is -0.663. The molecule has 2 saturated heterocycles. The van der Waals surface area contributed by atoms with Crippen LogP contribution in [-0.4, -0.2) is 70.3 Å². The normalized spacial score (nSPS) is 28.0. The smallest absolute Gasteiger partial charge is 0.347 e. The zero-order chi connectivity index (χ0) is 18.7. The van der Waals surface area contributed by atoms with Crippen molar-refractivity contribution in [3.8, 4) is 0 Å². The summed E-state index contributed by atoms with van der Waals surface area (Å²) in [6, 6.07) is 0.516. The van der Waals surface area contributed by atoms with E-state index in [1.54, 1.807) is 23.0 Å². The lowest BCUT2D eigenvalue weighted by atomic mass is 10.2. The van der Waals surface area contributed by atoms with Crippen LogP contribution in [0.15, 0.2) is 18.3 Å². The first-order chi connectivity index (χ1) is 12.1. The molecule has 2 amide bonds. The molecule has 1 aromatic rings. The molecule has 2 unspecified atom stereocenters. The topological polar surface area (TPSA) is 123 Å². The Balaban J connectivity index is 1.55. The first kappa shape index (κ1) is 17.4. The van der Waals surface area contributed by atoms with Crippen LogP contribution in [0, 0.1) is 0 Å². The van der Waals surface area contributed by atoms with Crippen molar-refractivity contribution in [2.75, 3.05) is 19.7 Å². The summed E-state index contributed by atoms with van der Waals surface area (Å²) in [4.78, 5) is 13.6. The molecule has 142 valence electrons. The Kier molecular flexibility index (Phi) is 3.86. The van der Waals surface area contributed by atoms with Gasteiger partial charge < -0.3 is 14.4 Å². The highest BCUT2D eigenvalue weighted by molar-refractivity contribution is 7.80. The van der Waals surface area contributed by atoms with Crippen molar-refractivity contribution in [1.82, 2.24) is 19.7 Å². The minimum atomic E-state index is -4.78. The summed E-state index contributed by atoms with van der Waals surface area (Å²) in [5, 5.41) is 5.12. The average Bonchev–Trinajstić information content (AvgIpc) is 3.21. The van der Waals surface area contributed by atoms with E-state index >= 15 is 0 Å². The maximum Gasteiger partial charge on any atom is 0.418 e. The van der Waals surface area contributed by atoms with Gasteiger partial charge in [0.2, 0.25) is 0 Å². The average molecular weight is 386 g/mol. The summed E-state index contributed by atoms with van der Waals surface area (Å²) >= 11 is 0. The van der Waals surface area contributed by atoms with E-state index < -0.39 is 28.3 Å². The van der Waals surface area contributed by atoms with E-state index in [0.29, 0.717) is 23.1 Å². The Bertz CT molecular complexity index is 878. The lowest BCUT2D eigenvalue weighted by Crippen LogP contribution is -2.35. The second-order valence-corrected chi connectivity index (χ2v) is 7.72. The van der Waals surface area contributed by atoms with E-state index in [9.17, 15) is 13.2 Å². The predicted molar refractivity (Wildman–Crippen MR) is 85.6 cm³/mol. The highest BCUT2D eigenvalue weighted by Crippen LogP contribution is 2.33. The van der Waals surface area contributed by atoms with Gasteiger partial charge >= 0.3 is 16.4 Å². The van der Waals surface area contributed by atoms with Crippen molar-refractivity contribution in [3.63, 3.8) is 0 Å². The minimum Gasteiger partial charge on any atom is -0.347 e.